The smallest absolute Gasteiger partial charge is 0.266 e. The second-order valence-electron chi connectivity index (χ2n) is 7.73. The fourth-order valence-electron chi connectivity index (χ4n) is 4.19. The molecular formula is C24H28N2O2S2. The Morgan fingerprint density at radius 1 is 1.13 bits per heavy atom. The number of ether oxygens (including phenoxy) is 1. The number of nitrogens with one attached hydrogen (secondary N) is 1. The molecule has 0 unspecified atom stereocenters. The quantitative estimate of drug-likeness (QED) is 0.492. The minimum atomic E-state index is -0.0319. The lowest BCUT2D eigenvalue weighted by Gasteiger charge is -2.36. The van der Waals surface area contributed by atoms with Crippen LogP contribution in [0.1, 0.15) is 56.5 Å². The number of aryl methyl sites for hydroxylation is 1. The molecule has 1 atom stereocenters. The number of likely N-dealkylation sites (tertiary alicyclic amines) is 1. The summed E-state index contributed by atoms with van der Waals surface area (Å²) >= 11 is 3.15. The third-order valence-corrected chi connectivity index (χ3v) is 7.85. The van der Waals surface area contributed by atoms with Crippen LogP contribution in [0.3, 0.4) is 0 Å². The van der Waals surface area contributed by atoms with E-state index >= 15 is 0 Å². The number of methoxy groups -OCH3 is 1. The van der Waals surface area contributed by atoms with Gasteiger partial charge in [0.15, 0.2) is 0 Å². The average molecular weight is 441 g/mol. The van der Waals surface area contributed by atoms with Crippen molar-refractivity contribution in [2.24, 2.45) is 0 Å². The summed E-state index contributed by atoms with van der Waals surface area (Å²) < 4.78 is 5.52. The lowest BCUT2D eigenvalue weighted by molar-refractivity contribution is 0.103. The lowest BCUT2D eigenvalue weighted by atomic mass is 9.93. The summed E-state index contributed by atoms with van der Waals surface area (Å²) in [7, 11) is 1.71. The van der Waals surface area contributed by atoms with Crippen molar-refractivity contribution in [3.8, 4) is 5.75 Å². The summed E-state index contributed by atoms with van der Waals surface area (Å²) in [6.07, 6.45) is 3.70. The zero-order valence-electron chi connectivity index (χ0n) is 17.7. The van der Waals surface area contributed by atoms with Crippen molar-refractivity contribution in [3.05, 3.63) is 68.2 Å². The molecule has 1 N–H and O–H groups in total. The van der Waals surface area contributed by atoms with Crippen molar-refractivity contribution in [2.75, 3.05) is 25.5 Å². The number of carbonyl (C=O) groups excluding carboxylic acids is 1. The zero-order chi connectivity index (χ0) is 21.1. The van der Waals surface area contributed by atoms with Gasteiger partial charge in [0.05, 0.1) is 18.0 Å². The molecule has 30 heavy (non-hydrogen) atoms. The molecule has 1 aliphatic heterocycles. The largest absolute Gasteiger partial charge is 0.497 e. The van der Waals surface area contributed by atoms with E-state index in [1.54, 1.807) is 18.4 Å². The van der Waals surface area contributed by atoms with Gasteiger partial charge in [-0.25, -0.2) is 0 Å². The number of hydrogen-bond acceptors (Lipinski definition) is 5. The van der Waals surface area contributed by atoms with Gasteiger partial charge in [-0.3, -0.25) is 9.69 Å². The van der Waals surface area contributed by atoms with Gasteiger partial charge in [-0.05, 0) is 74.5 Å². The summed E-state index contributed by atoms with van der Waals surface area (Å²) in [6, 6.07) is 12.3. The fraction of sp³-hybridized carbons (Fsp3) is 0.375. The molecular weight excluding hydrogens is 412 g/mol. The third-order valence-electron chi connectivity index (χ3n) is 5.84. The Morgan fingerprint density at radius 2 is 1.93 bits per heavy atom. The van der Waals surface area contributed by atoms with Crippen LogP contribution in [-0.4, -0.2) is 31.0 Å². The van der Waals surface area contributed by atoms with E-state index in [0.29, 0.717) is 0 Å². The number of hydrogen-bond donors (Lipinski definition) is 1. The molecule has 4 nitrogen and oxygen atoms in total. The summed E-state index contributed by atoms with van der Waals surface area (Å²) in [6.45, 7) is 6.45. The number of amides is 1. The standard InChI is InChI=1S/C24H28N2O2S2/c1-16-17(2)30-24(25-23(27)20-11-8-14-29-20)21(16)22(26-12-5-4-6-13-26)18-9-7-10-19(15-18)28-3/h7-11,14-15,22H,4-6,12-13H2,1-3H3,(H,25,27)/t22-/m1/s1. The van der Waals surface area contributed by atoms with Crippen molar-refractivity contribution in [3.63, 3.8) is 0 Å². The van der Waals surface area contributed by atoms with Gasteiger partial charge in [-0.1, -0.05) is 24.6 Å². The van der Waals surface area contributed by atoms with Crippen LogP contribution in [0.4, 0.5) is 5.00 Å². The SMILES string of the molecule is COc1cccc([C@H](c2c(NC(=O)c3cccs3)sc(C)c2C)N2CCCCC2)c1. The van der Waals surface area contributed by atoms with Gasteiger partial charge in [0.2, 0.25) is 0 Å². The maximum absolute atomic E-state index is 12.9. The Labute approximate surface area is 186 Å². The maximum Gasteiger partial charge on any atom is 0.266 e. The molecule has 0 radical (unpaired) electrons. The first-order valence-corrected chi connectivity index (χ1v) is 12.1. The number of carbonyl (C=O) groups is 1. The summed E-state index contributed by atoms with van der Waals surface area (Å²) in [5.41, 5.74) is 3.70. The monoisotopic (exact) mass is 440 g/mol. The van der Waals surface area contributed by atoms with Gasteiger partial charge >= 0.3 is 0 Å². The molecule has 2 aromatic heterocycles. The highest BCUT2D eigenvalue weighted by atomic mass is 32.1. The second kappa shape index (κ2) is 9.33. The van der Waals surface area contributed by atoms with Gasteiger partial charge in [-0.15, -0.1) is 22.7 Å². The molecule has 1 amide bonds. The van der Waals surface area contributed by atoms with Crippen LogP contribution in [0.15, 0.2) is 41.8 Å². The number of anilines is 1. The third kappa shape index (κ3) is 4.31. The van der Waals surface area contributed by atoms with Crippen molar-refractivity contribution < 1.29 is 9.53 Å². The Hall–Kier alpha value is -2.15. The van der Waals surface area contributed by atoms with Crippen molar-refractivity contribution in [1.29, 1.82) is 0 Å². The van der Waals surface area contributed by atoms with Crippen molar-refractivity contribution >= 4 is 33.6 Å². The van der Waals surface area contributed by atoms with E-state index in [2.05, 4.69) is 42.3 Å². The molecule has 0 bridgehead atoms. The number of piperidine rings is 1. The van der Waals surface area contributed by atoms with E-state index in [-0.39, 0.29) is 11.9 Å². The minimum Gasteiger partial charge on any atom is -0.497 e. The number of rotatable bonds is 6. The molecule has 6 heteroatoms. The average Bonchev–Trinajstić information content (AvgIpc) is 3.40. The number of nitrogens with zero attached hydrogens (tertiary/aromatic N) is 1. The number of thiophene rings is 2. The number of benzene rings is 1. The highest BCUT2D eigenvalue weighted by molar-refractivity contribution is 7.17. The van der Waals surface area contributed by atoms with Gasteiger partial charge in [0.1, 0.15) is 10.8 Å². The van der Waals surface area contributed by atoms with Crippen LogP contribution >= 0.6 is 22.7 Å². The molecule has 4 rings (SSSR count). The van der Waals surface area contributed by atoms with E-state index in [9.17, 15) is 4.79 Å². The Morgan fingerprint density at radius 3 is 2.63 bits per heavy atom. The Kier molecular flexibility index (Phi) is 6.56. The fourth-order valence-corrected chi connectivity index (χ4v) is 5.89. The van der Waals surface area contributed by atoms with E-state index in [4.69, 9.17) is 4.74 Å². The van der Waals surface area contributed by atoms with Crippen LogP contribution in [-0.2, 0) is 0 Å². The predicted octanol–water partition coefficient (Wildman–Crippen LogP) is 6.26. The normalized spacial score (nSPS) is 15.7. The van der Waals surface area contributed by atoms with Gasteiger partial charge in [0.25, 0.3) is 5.91 Å². The highest BCUT2D eigenvalue weighted by Gasteiger charge is 2.30. The maximum atomic E-state index is 12.9. The highest BCUT2D eigenvalue weighted by Crippen LogP contribution is 2.43. The van der Waals surface area contributed by atoms with Crippen LogP contribution < -0.4 is 10.1 Å². The molecule has 0 aliphatic carbocycles. The van der Waals surface area contributed by atoms with E-state index < -0.39 is 0 Å². The Balaban J connectivity index is 1.78. The second-order valence-corrected chi connectivity index (χ2v) is 9.91. The molecule has 1 saturated heterocycles. The lowest BCUT2D eigenvalue weighted by Crippen LogP contribution is -2.35. The summed E-state index contributed by atoms with van der Waals surface area (Å²) in [5, 5.41) is 6.12. The molecule has 3 heterocycles. The van der Waals surface area contributed by atoms with Gasteiger partial charge in [0, 0.05) is 10.4 Å². The topological polar surface area (TPSA) is 41.6 Å². The Bertz CT molecular complexity index is 1000. The molecule has 1 aromatic carbocycles. The zero-order valence-corrected chi connectivity index (χ0v) is 19.4. The van der Waals surface area contributed by atoms with Crippen LogP contribution in [0.25, 0.3) is 0 Å². The molecule has 158 valence electrons. The van der Waals surface area contributed by atoms with Gasteiger partial charge in [-0.2, -0.15) is 0 Å². The molecule has 0 saturated carbocycles. The summed E-state index contributed by atoms with van der Waals surface area (Å²) in [4.78, 5) is 17.4. The van der Waals surface area contributed by atoms with Crippen molar-refractivity contribution in [1.82, 2.24) is 4.90 Å². The van der Waals surface area contributed by atoms with E-state index in [0.717, 1.165) is 28.7 Å². The van der Waals surface area contributed by atoms with E-state index in [1.807, 2.05) is 23.6 Å². The van der Waals surface area contributed by atoms with Crippen LogP contribution in [0.5, 0.6) is 5.75 Å². The van der Waals surface area contributed by atoms with Crippen LogP contribution in [0.2, 0.25) is 0 Å². The first-order valence-electron chi connectivity index (χ1n) is 10.4. The molecule has 1 aliphatic rings. The van der Waals surface area contributed by atoms with Crippen molar-refractivity contribution in [2.45, 2.75) is 39.2 Å². The summed E-state index contributed by atoms with van der Waals surface area (Å²) in [5.74, 6) is 0.832. The first-order chi connectivity index (χ1) is 14.6. The molecule has 0 spiro atoms. The predicted molar refractivity (Wildman–Crippen MR) is 126 cm³/mol. The minimum absolute atomic E-state index is 0.0319. The molecule has 1 fully saturated rings. The van der Waals surface area contributed by atoms with E-state index in [1.165, 1.54) is 52.2 Å². The van der Waals surface area contributed by atoms with Gasteiger partial charge < -0.3 is 10.1 Å². The van der Waals surface area contributed by atoms with Crippen LogP contribution in [0, 0.1) is 13.8 Å². The molecule has 3 aromatic rings. The first kappa shape index (κ1) is 21.1.